The predicted molar refractivity (Wildman–Crippen MR) is 50.8 cm³/mol. The molecule has 0 aromatic heterocycles. The molecule has 0 aliphatic heterocycles. The predicted octanol–water partition coefficient (Wildman–Crippen LogP) is 1.87. The molecule has 0 heterocycles. The van der Waals surface area contributed by atoms with E-state index in [1.165, 1.54) is 12.5 Å². The minimum Gasteiger partial charge on any atom is -0.400 e. The second-order valence-electron chi connectivity index (χ2n) is 3.20. The van der Waals surface area contributed by atoms with Crippen molar-refractivity contribution in [1.29, 1.82) is 0 Å². The second kappa shape index (κ2) is 5.74. The smallest absolute Gasteiger partial charge is 0.305 e. The summed E-state index contributed by atoms with van der Waals surface area (Å²) in [7, 11) is 3.53. The maximum absolute atomic E-state index is 5.78. The van der Waals surface area contributed by atoms with E-state index in [0.29, 0.717) is 6.10 Å². The van der Waals surface area contributed by atoms with Crippen LogP contribution in [0.2, 0.25) is 6.04 Å². The zero-order valence-electron chi connectivity index (χ0n) is 8.35. The molecule has 0 bridgehead atoms. The molecule has 0 spiro atoms. The van der Waals surface area contributed by atoms with Crippen LogP contribution in [0.3, 0.4) is 0 Å². The number of hydrogen-bond donors (Lipinski definition) is 0. The summed E-state index contributed by atoms with van der Waals surface area (Å²) in [6, 6.07) is 1.22. The first kappa shape index (κ1) is 11.1. The van der Waals surface area contributed by atoms with Gasteiger partial charge in [-0.2, -0.15) is 0 Å². The van der Waals surface area contributed by atoms with Crippen molar-refractivity contribution in [1.82, 2.24) is 4.57 Å². The van der Waals surface area contributed by atoms with Gasteiger partial charge in [0.05, 0.1) is 0 Å². The Bertz CT molecular complexity index is 96.1. The van der Waals surface area contributed by atoms with Gasteiger partial charge in [-0.25, -0.2) is 0 Å². The lowest BCUT2D eigenvalue weighted by molar-refractivity contribution is 0.216. The van der Waals surface area contributed by atoms with Crippen molar-refractivity contribution in [3.63, 3.8) is 0 Å². The standard InChI is InChI=1S/C8H20NOSi/c1-6-7-11(9(4)5)10-8(2)3/h8H,6-7H2,1-5H3. The maximum Gasteiger partial charge on any atom is 0.305 e. The molecular formula is C8H20NOSi. The quantitative estimate of drug-likeness (QED) is 0.590. The van der Waals surface area contributed by atoms with Gasteiger partial charge in [-0.1, -0.05) is 13.3 Å². The lowest BCUT2D eigenvalue weighted by Crippen LogP contribution is -2.37. The van der Waals surface area contributed by atoms with Gasteiger partial charge in [0.1, 0.15) is 0 Å². The molecule has 1 radical (unpaired) electrons. The Morgan fingerprint density at radius 1 is 1.36 bits per heavy atom. The topological polar surface area (TPSA) is 12.5 Å². The van der Waals surface area contributed by atoms with Crippen LogP contribution < -0.4 is 0 Å². The van der Waals surface area contributed by atoms with Crippen LogP contribution in [0.25, 0.3) is 0 Å². The van der Waals surface area contributed by atoms with Gasteiger partial charge >= 0.3 is 9.20 Å². The fourth-order valence-electron chi connectivity index (χ4n) is 0.874. The van der Waals surface area contributed by atoms with Crippen LogP contribution in [-0.2, 0) is 4.43 Å². The van der Waals surface area contributed by atoms with E-state index in [9.17, 15) is 0 Å². The van der Waals surface area contributed by atoms with Crippen LogP contribution in [0, 0.1) is 0 Å². The Morgan fingerprint density at radius 2 is 1.91 bits per heavy atom. The third-order valence-corrected chi connectivity index (χ3v) is 4.00. The van der Waals surface area contributed by atoms with Crippen molar-refractivity contribution < 1.29 is 4.43 Å². The zero-order valence-corrected chi connectivity index (χ0v) is 9.35. The molecule has 0 amide bonds. The molecular weight excluding hydrogens is 154 g/mol. The molecule has 0 saturated carbocycles. The highest BCUT2D eigenvalue weighted by atomic mass is 28.3. The fourth-order valence-corrected chi connectivity index (χ4v) is 2.62. The van der Waals surface area contributed by atoms with Gasteiger partial charge in [0.2, 0.25) is 0 Å². The highest BCUT2D eigenvalue weighted by Crippen LogP contribution is 2.04. The highest BCUT2D eigenvalue weighted by molar-refractivity contribution is 6.48. The first-order valence-corrected chi connectivity index (χ1v) is 5.84. The summed E-state index contributed by atoms with van der Waals surface area (Å²) in [5.41, 5.74) is 0. The normalized spacial score (nSPS) is 12.0. The Morgan fingerprint density at radius 3 is 2.18 bits per heavy atom. The molecule has 0 fully saturated rings. The zero-order chi connectivity index (χ0) is 8.85. The molecule has 0 aliphatic carbocycles. The van der Waals surface area contributed by atoms with Crippen LogP contribution in [-0.4, -0.2) is 34.0 Å². The Balaban J connectivity index is 3.69. The SMILES string of the molecule is CCC[Si](OC(C)C)N(C)C. The summed E-state index contributed by atoms with van der Waals surface area (Å²) in [6.07, 6.45) is 1.59. The summed E-state index contributed by atoms with van der Waals surface area (Å²) in [5.74, 6) is 0. The minimum atomic E-state index is -0.679. The highest BCUT2D eigenvalue weighted by Gasteiger charge is 2.16. The van der Waals surface area contributed by atoms with E-state index in [0.717, 1.165) is 0 Å². The molecule has 0 aliphatic rings. The third kappa shape index (κ3) is 5.41. The largest absolute Gasteiger partial charge is 0.400 e. The van der Waals surface area contributed by atoms with Crippen LogP contribution in [0.1, 0.15) is 27.2 Å². The van der Waals surface area contributed by atoms with Crippen molar-refractivity contribution in [2.75, 3.05) is 14.1 Å². The van der Waals surface area contributed by atoms with Gasteiger partial charge in [-0.15, -0.1) is 0 Å². The van der Waals surface area contributed by atoms with Crippen molar-refractivity contribution in [3.05, 3.63) is 0 Å². The first-order valence-electron chi connectivity index (χ1n) is 4.27. The molecule has 3 heteroatoms. The van der Waals surface area contributed by atoms with Gasteiger partial charge in [-0.3, -0.25) is 0 Å². The van der Waals surface area contributed by atoms with E-state index in [1.807, 2.05) is 0 Å². The molecule has 67 valence electrons. The summed E-state index contributed by atoms with van der Waals surface area (Å²) in [6.45, 7) is 6.41. The Hall–Kier alpha value is 0.137. The summed E-state index contributed by atoms with van der Waals surface area (Å²) in [4.78, 5) is 0. The molecule has 0 rings (SSSR count). The van der Waals surface area contributed by atoms with Crippen LogP contribution in [0.4, 0.5) is 0 Å². The van der Waals surface area contributed by atoms with Gasteiger partial charge in [0.25, 0.3) is 0 Å². The van der Waals surface area contributed by atoms with E-state index < -0.39 is 9.20 Å². The van der Waals surface area contributed by atoms with Crippen molar-refractivity contribution >= 4 is 9.20 Å². The lowest BCUT2D eigenvalue weighted by Gasteiger charge is -2.22. The third-order valence-electron chi connectivity index (χ3n) is 1.33. The van der Waals surface area contributed by atoms with Crippen molar-refractivity contribution in [2.24, 2.45) is 0 Å². The van der Waals surface area contributed by atoms with E-state index in [-0.39, 0.29) is 0 Å². The van der Waals surface area contributed by atoms with Crippen LogP contribution in [0.5, 0.6) is 0 Å². The van der Waals surface area contributed by atoms with Gasteiger partial charge in [0, 0.05) is 6.10 Å². The van der Waals surface area contributed by atoms with E-state index in [2.05, 4.69) is 39.4 Å². The molecule has 0 atom stereocenters. The first-order chi connectivity index (χ1) is 5.07. The molecule has 0 aromatic carbocycles. The molecule has 0 saturated heterocycles. The number of nitrogens with zero attached hydrogens (tertiary/aromatic N) is 1. The summed E-state index contributed by atoms with van der Waals surface area (Å²) in [5, 5.41) is 0. The van der Waals surface area contributed by atoms with Gasteiger partial charge < -0.3 is 8.99 Å². The summed E-state index contributed by atoms with van der Waals surface area (Å²) < 4.78 is 8.01. The van der Waals surface area contributed by atoms with E-state index in [1.54, 1.807) is 0 Å². The van der Waals surface area contributed by atoms with Gasteiger partial charge in [0.15, 0.2) is 0 Å². The van der Waals surface area contributed by atoms with Crippen molar-refractivity contribution in [3.8, 4) is 0 Å². The number of rotatable bonds is 5. The molecule has 0 N–H and O–H groups in total. The van der Waals surface area contributed by atoms with Gasteiger partial charge in [-0.05, 0) is 34.0 Å². The Labute approximate surface area is 72.3 Å². The molecule has 0 unspecified atom stereocenters. The summed E-state index contributed by atoms with van der Waals surface area (Å²) >= 11 is 0. The molecule has 2 nitrogen and oxygen atoms in total. The van der Waals surface area contributed by atoms with Crippen molar-refractivity contribution in [2.45, 2.75) is 39.3 Å². The molecule has 0 aromatic rings. The Kier molecular flexibility index (Phi) is 5.82. The maximum atomic E-state index is 5.78. The van der Waals surface area contributed by atoms with E-state index in [4.69, 9.17) is 4.43 Å². The van der Waals surface area contributed by atoms with Crippen LogP contribution >= 0.6 is 0 Å². The fraction of sp³-hybridized carbons (Fsp3) is 1.00. The minimum absolute atomic E-state index is 0.373. The molecule has 11 heavy (non-hydrogen) atoms. The second-order valence-corrected chi connectivity index (χ2v) is 5.62. The average Bonchev–Trinajstić information content (AvgIpc) is 1.86. The number of hydrogen-bond acceptors (Lipinski definition) is 2. The van der Waals surface area contributed by atoms with E-state index >= 15 is 0 Å². The monoisotopic (exact) mass is 174 g/mol. The average molecular weight is 174 g/mol. The lowest BCUT2D eigenvalue weighted by atomic mass is 10.5. The van der Waals surface area contributed by atoms with Crippen LogP contribution in [0.15, 0.2) is 0 Å².